The Kier molecular flexibility index (Phi) is 14.9. The molecule has 0 spiro atoms. The highest BCUT2D eigenvalue weighted by atomic mass is 19.3. The molecule has 1 aliphatic heterocycles. The zero-order chi connectivity index (χ0) is 17.5. The summed E-state index contributed by atoms with van der Waals surface area (Å²) in [4.78, 5) is 14.7. The fraction of sp³-hybridized carbons (Fsp3) is 0.714. The second kappa shape index (κ2) is 14.4. The lowest BCUT2D eigenvalue weighted by atomic mass is 10.4. The molecule has 130 valence electrons. The Morgan fingerprint density at radius 1 is 1.36 bits per heavy atom. The average molecular weight is 324 g/mol. The van der Waals surface area contributed by atoms with E-state index in [0.717, 1.165) is 0 Å². The molecule has 0 amide bonds. The van der Waals surface area contributed by atoms with Gasteiger partial charge in [0.2, 0.25) is 6.93 Å². The van der Waals surface area contributed by atoms with Gasteiger partial charge in [-0.15, -0.1) is 0 Å². The van der Waals surface area contributed by atoms with Crippen LogP contribution in [-0.4, -0.2) is 40.9 Å². The fourth-order valence-electron chi connectivity index (χ4n) is 1.43. The molecule has 1 N–H and O–H groups in total. The molecule has 1 aromatic heterocycles. The first-order valence-corrected chi connectivity index (χ1v) is 7.22. The molecule has 0 saturated heterocycles. The summed E-state index contributed by atoms with van der Waals surface area (Å²) < 4.78 is 31.6. The summed E-state index contributed by atoms with van der Waals surface area (Å²) in [6.45, 7) is 8.12. The van der Waals surface area contributed by atoms with Gasteiger partial charge in [-0.3, -0.25) is 9.36 Å². The van der Waals surface area contributed by atoms with Gasteiger partial charge in [0.1, 0.15) is 18.9 Å². The summed E-state index contributed by atoms with van der Waals surface area (Å²) in [6, 6.07) is 1.57. The van der Waals surface area contributed by atoms with Crippen molar-refractivity contribution in [2.24, 2.45) is 0 Å². The Labute approximate surface area is 129 Å². The molecule has 2 rings (SSSR count). The fourth-order valence-corrected chi connectivity index (χ4v) is 1.43. The quantitative estimate of drug-likeness (QED) is 0.859. The van der Waals surface area contributed by atoms with Crippen LogP contribution in [0.2, 0.25) is 0 Å². The van der Waals surface area contributed by atoms with Crippen molar-refractivity contribution >= 4 is 0 Å². The van der Waals surface area contributed by atoms with Gasteiger partial charge in [-0.25, -0.2) is 8.78 Å². The molecular formula is C14H26F2N2O4. The predicted octanol–water partition coefficient (Wildman–Crippen LogP) is 2.47. The van der Waals surface area contributed by atoms with E-state index in [1.807, 2.05) is 27.7 Å². The lowest BCUT2D eigenvalue weighted by Gasteiger charge is -2.16. The van der Waals surface area contributed by atoms with E-state index < -0.39 is 13.0 Å². The van der Waals surface area contributed by atoms with Crippen molar-refractivity contribution in [3.05, 3.63) is 22.6 Å². The van der Waals surface area contributed by atoms with Crippen molar-refractivity contribution in [3.8, 4) is 6.01 Å². The number of nitrogens with zero attached hydrogens (tertiary/aromatic N) is 2. The maximum atomic E-state index is 11.0. The van der Waals surface area contributed by atoms with Crippen LogP contribution in [-0.2, 0) is 4.74 Å². The first kappa shape index (κ1) is 22.7. The maximum absolute atomic E-state index is 11.0. The molecule has 1 aliphatic rings. The molecule has 8 heteroatoms. The average Bonchev–Trinajstić information content (AvgIpc) is 2.70. The van der Waals surface area contributed by atoms with E-state index in [9.17, 15) is 13.6 Å². The zero-order valence-electron chi connectivity index (χ0n) is 13.8. The predicted molar refractivity (Wildman–Crippen MR) is 80.4 cm³/mol. The largest absolute Gasteiger partial charge is 0.462 e. The van der Waals surface area contributed by atoms with Crippen molar-refractivity contribution in [2.45, 2.75) is 47.0 Å². The van der Waals surface area contributed by atoms with Crippen LogP contribution in [0.25, 0.3) is 0 Å². The Morgan fingerprint density at radius 2 is 1.91 bits per heavy atom. The standard InChI is InChI=1S/C9H12N2O4.2C2H6.CH2F2/c1-6-11-3-2-8(13)10-9(11)14-5-7(4-12)15-6;2*1-2;2-1-3/h2-3,6-7,12H,4-5H2,1H3;2*1-2H3;1H2. The topological polar surface area (TPSA) is 73.6 Å². The zero-order valence-corrected chi connectivity index (χ0v) is 13.8. The van der Waals surface area contributed by atoms with Crippen LogP contribution in [0.4, 0.5) is 8.78 Å². The summed E-state index contributed by atoms with van der Waals surface area (Å²) in [5.41, 5.74) is -0.351. The third kappa shape index (κ3) is 8.04. The van der Waals surface area contributed by atoms with E-state index in [0.29, 0.717) is 0 Å². The molecule has 0 aromatic carbocycles. The van der Waals surface area contributed by atoms with Gasteiger partial charge >= 0.3 is 6.01 Å². The van der Waals surface area contributed by atoms with Crippen LogP contribution in [0.3, 0.4) is 0 Å². The number of fused-ring (bicyclic) bond motifs is 1. The lowest BCUT2D eigenvalue weighted by molar-refractivity contribution is -0.0639. The number of alkyl halides is 2. The summed E-state index contributed by atoms with van der Waals surface area (Å²) in [7, 11) is 0. The highest BCUT2D eigenvalue weighted by Gasteiger charge is 2.22. The Balaban J connectivity index is 0. The minimum Gasteiger partial charge on any atom is -0.462 e. The molecule has 1 aromatic rings. The first-order chi connectivity index (χ1) is 10.6. The molecular weight excluding hydrogens is 298 g/mol. The summed E-state index contributed by atoms with van der Waals surface area (Å²) in [6.07, 6.45) is 0.860. The van der Waals surface area contributed by atoms with E-state index in [-0.39, 0.29) is 31.0 Å². The van der Waals surface area contributed by atoms with E-state index in [1.165, 1.54) is 6.07 Å². The Morgan fingerprint density at radius 3 is 2.41 bits per heavy atom. The summed E-state index contributed by atoms with van der Waals surface area (Å²) >= 11 is 0. The molecule has 0 aliphatic carbocycles. The normalized spacial score (nSPS) is 18.5. The summed E-state index contributed by atoms with van der Waals surface area (Å²) in [5.74, 6) is 0. The van der Waals surface area contributed by atoms with Gasteiger partial charge in [0, 0.05) is 12.3 Å². The monoisotopic (exact) mass is 324 g/mol. The van der Waals surface area contributed by atoms with E-state index in [4.69, 9.17) is 14.6 Å². The van der Waals surface area contributed by atoms with Gasteiger partial charge in [0.05, 0.1) is 6.61 Å². The number of aromatic nitrogens is 2. The Bertz CT molecular complexity index is 430. The molecule has 0 saturated carbocycles. The van der Waals surface area contributed by atoms with Crippen LogP contribution in [0, 0.1) is 0 Å². The number of aliphatic hydroxyl groups is 1. The SMILES string of the molecule is CC.CC.CC1OC(CO)COc2nc(=O)ccn21.FCF. The van der Waals surface area contributed by atoms with Crippen molar-refractivity contribution in [2.75, 3.05) is 20.1 Å². The van der Waals surface area contributed by atoms with Crippen LogP contribution in [0.1, 0.15) is 40.8 Å². The number of hydrogen-bond donors (Lipinski definition) is 1. The molecule has 2 atom stereocenters. The van der Waals surface area contributed by atoms with E-state index >= 15 is 0 Å². The van der Waals surface area contributed by atoms with Crippen LogP contribution < -0.4 is 10.3 Å². The third-order valence-corrected chi connectivity index (χ3v) is 2.19. The molecule has 2 unspecified atom stereocenters. The lowest BCUT2D eigenvalue weighted by Crippen LogP contribution is -2.24. The first-order valence-electron chi connectivity index (χ1n) is 7.22. The summed E-state index contributed by atoms with van der Waals surface area (Å²) in [5, 5.41) is 8.97. The molecule has 0 bridgehead atoms. The van der Waals surface area contributed by atoms with Gasteiger partial charge in [0.25, 0.3) is 5.56 Å². The van der Waals surface area contributed by atoms with Crippen molar-refractivity contribution in [3.63, 3.8) is 0 Å². The number of halogens is 2. The van der Waals surface area contributed by atoms with Gasteiger partial charge in [-0.2, -0.15) is 4.98 Å². The Hall–Kier alpha value is -1.54. The highest BCUT2D eigenvalue weighted by molar-refractivity contribution is 5.01. The van der Waals surface area contributed by atoms with Crippen LogP contribution in [0.15, 0.2) is 17.1 Å². The van der Waals surface area contributed by atoms with E-state index in [2.05, 4.69) is 4.98 Å². The van der Waals surface area contributed by atoms with Gasteiger partial charge in [-0.1, -0.05) is 27.7 Å². The second-order valence-corrected chi connectivity index (χ2v) is 3.41. The van der Waals surface area contributed by atoms with Gasteiger partial charge in [-0.05, 0) is 6.92 Å². The number of hydrogen-bond acceptors (Lipinski definition) is 5. The van der Waals surface area contributed by atoms with E-state index in [1.54, 1.807) is 17.7 Å². The molecule has 0 fully saturated rings. The minimum absolute atomic E-state index is 0.122. The minimum atomic E-state index is -1.75. The van der Waals surface area contributed by atoms with Crippen LogP contribution in [0.5, 0.6) is 6.01 Å². The third-order valence-electron chi connectivity index (χ3n) is 2.19. The number of aliphatic hydroxyl groups excluding tert-OH is 1. The van der Waals surface area contributed by atoms with Crippen molar-refractivity contribution in [1.82, 2.24) is 9.55 Å². The molecule has 0 radical (unpaired) electrons. The number of ether oxygens (including phenoxy) is 2. The number of rotatable bonds is 1. The van der Waals surface area contributed by atoms with Gasteiger partial charge < -0.3 is 14.6 Å². The maximum Gasteiger partial charge on any atom is 0.301 e. The smallest absolute Gasteiger partial charge is 0.301 e. The van der Waals surface area contributed by atoms with Crippen molar-refractivity contribution < 1.29 is 23.4 Å². The highest BCUT2D eigenvalue weighted by Crippen LogP contribution is 2.20. The molecule has 6 nitrogen and oxygen atoms in total. The van der Waals surface area contributed by atoms with Crippen LogP contribution >= 0.6 is 0 Å². The molecule has 2 heterocycles. The second-order valence-electron chi connectivity index (χ2n) is 3.41. The molecule has 22 heavy (non-hydrogen) atoms. The van der Waals surface area contributed by atoms with Gasteiger partial charge in [0.15, 0.2) is 0 Å². The van der Waals surface area contributed by atoms with Crippen molar-refractivity contribution in [1.29, 1.82) is 0 Å².